The topological polar surface area (TPSA) is 113 Å². The summed E-state index contributed by atoms with van der Waals surface area (Å²) >= 11 is 0. The van der Waals surface area contributed by atoms with Crippen LogP contribution in [-0.4, -0.2) is 81.7 Å². The van der Waals surface area contributed by atoms with Gasteiger partial charge in [-0.15, -0.1) is 5.10 Å². The van der Waals surface area contributed by atoms with Crippen LogP contribution in [0.15, 0.2) is 6.20 Å². The van der Waals surface area contributed by atoms with E-state index in [2.05, 4.69) is 20.1 Å². The van der Waals surface area contributed by atoms with Gasteiger partial charge in [-0.3, -0.25) is 19.8 Å². The number of carbonyl (C=O) groups excluding carboxylic acids is 1. The van der Waals surface area contributed by atoms with E-state index in [1.54, 1.807) is 10.9 Å². The number of carbonyl (C=O) groups is 1. The van der Waals surface area contributed by atoms with Gasteiger partial charge in [-0.25, -0.2) is 5.84 Å². The summed E-state index contributed by atoms with van der Waals surface area (Å²) in [6.07, 6.45) is 2.69. The first kappa shape index (κ1) is 15.8. The Balaban J connectivity index is 1.77. The summed E-state index contributed by atoms with van der Waals surface area (Å²) in [6, 6.07) is 0. The Labute approximate surface area is 123 Å². The van der Waals surface area contributed by atoms with E-state index in [0.29, 0.717) is 6.54 Å². The monoisotopic (exact) mass is 297 g/mol. The summed E-state index contributed by atoms with van der Waals surface area (Å²) < 4.78 is 1.65. The Hall–Kier alpha value is -1.55. The van der Waals surface area contributed by atoms with Gasteiger partial charge < -0.3 is 10.0 Å². The second kappa shape index (κ2) is 8.03. The molecule has 0 aromatic carbocycles. The van der Waals surface area contributed by atoms with Gasteiger partial charge in [-0.05, 0) is 19.5 Å². The van der Waals surface area contributed by atoms with Gasteiger partial charge in [0, 0.05) is 26.2 Å². The lowest BCUT2D eigenvalue weighted by atomic mass is 10.4. The SMILES string of the molecule is NNC(=O)c1cn(CCN2CCCN(CCO)CC2)nn1. The van der Waals surface area contributed by atoms with Crippen molar-refractivity contribution in [2.75, 3.05) is 45.9 Å². The molecule has 1 aliphatic heterocycles. The highest BCUT2D eigenvalue weighted by Crippen LogP contribution is 2.03. The molecule has 1 saturated heterocycles. The van der Waals surface area contributed by atoms with Crippen molar-refractivity contribution in [3.63, 3.8) is 0 Å². The molecule has 9 heteroatoms. The number of hydrazine groups is 1. The van der Waals surface area contributed by atoms with Crippen LogP contribution < -0.4 is 11.3 Å². The number of nitrogen functional groups attached to an aromatic ring is 1. The van der Waals surface area contributed by atoms with Crippen LogP contribution >= 0.6 is 0 Å². The molecule has 0 bridgehead atoms. The van der Waals surface area contributed by atoms with E-state index in [1.165, 1.54) is 0 Å². The first-order valence-electron chi connectivity index (χ1n) is 7.19. The molecule has 2 heterocycles. The van der Waals surface area contributed by atoms with Crippen molar-refractivity contribution in [1.29, 1.82) is 0 Å². The smallest absolute Gasteiger partial charge is 0.287 e. The van der Waals surface area contributed by atoms with Crippen LogP contribution in [0.25, 0.3) is 0 Å². The van der Waals surface area contributed by atoms with Gasteiger partial charge in [0.05, 0.1) is 19.3 Å². The third kappa shape index (κ3) is 4.74. The fourth-order valence-electron chi connectivity index (χ4n) is 2.44. The predicted molar refractivity (Wildman–Crippen MR) is 76.3 cm³/mol. The number of aliphatic hydroxyl groups is 1. The Morgan fingerprint density at radius 3 is 2.62 bits per heavy atom. The van der Waals surface area contributed by atoms with Crippen LogP contribution in [0, 0.1) is 0 Å². The Morgan fingerprint density at radius 1 is 1.24 bits per heavy atom. The maximum Gasteiger partial charge on any atom is 0.287 e. The van der Waals surface area contributed by atoms with Crippen LogP contribution in [-0.2, 0) is 6.54 Å². The van der Waals surface area contributed by atoms with Crippen molar-refractivity contribution >= 4 is 5.91 Å². The molecule has 1 aliphatic rings. The quantitative estimate of drug-likeness (QED) is 0.313. The number of nitrogens with two attached hydrogens (primary N) is 1. The Bertz CT molecular complexity index is 451. The maximum atomic E-state index is 11.3. The lowest BCUT2D eigenvalue weighted by Crippen LogP contribution is -2.34. The number of nitrogens with zero attached hydrogens (tertiary/aromatic N) is 5. The van der Waals surface area contributed by atoms with Gasteiger partial charge in [0.1, 0.15) is 0 Å². The van der Waals surface area contributed by atoms with Crippen LogP contribution in [0.3, 0.4) is 0 Å². The molecular formula is C12H23N7O2. The number of hydrogen-bond acceptors (Lipinski definition) is 7. The molecule has 0 aliphatic carbocycles. The number of nitrogens with one attached hydrogen (secondary N) is 1. The number of aliphatic hydroxyl groups excluding tert-OH is 1. The second-order valence-electron chi connectivity index (χ2n) is 5.10. The number of rotatable bonds is 6. The highest BCUT2D eigenvalue weighted by atomic mass is 16.3. The first-order valence-corrected chi connectivity index (χ1v) is 7.19. The Kier molecular flexibility index (Phi) is 6.05. The number of β-amino-alcohol motifs (C(OH)–C–C–N with tert-alkyl or cyclic N) is 1. The maximum absolute atomic E-state index is 11.3. The lowest BCUT2D eigenvalue weighted by molar-refractivity contribution is 0.0948. The summed E-state index contributed by atoms with van der Waals surface area (Å²) in [5.41, 5.74) is 2.26. The van der Waals surface area contributed by atoms with Gasteiger partial charge in [-0.1, -0.05) is 5.21 Å². The lowest BCUT2D eigenvalue weighted by Gasteiger charge is -2.20. The first-order chi connectivity index (χ1) is 10.2. The van der Waals surface area contributed by atoms with Gasteiger partial charge in [0.25, 0.3) is 5.91 Å². The normalized spacial score (nSPS) is 17.6. The third-order valence-electron chi connectivity index (χ3n) is 3.65. The zero-order valence-corrected chi connectivity index (χ0v) is 12.1. The second-order valence-corrected chi connectivity index (χ2v) is 5.10. The molecular weight excluding hydrogens is 274 g/mol. The van der Waals surface area contributed by atoms with Crippen molar-refractivity contribution in [2.45, 2.75) is 13.0 Å². The molecule has 0 radical (unpaired) electrons. The van der Waals surface area contributed by atoms with E-state index in [-0.39, 0.29) is 12.3 Å². The standard InChI is InChI=1S/C12H23N7O2/c13-14-12(21)11-10-19(16-15-11)7-6-17-2-1-3-18(5-4-17)8-9-20/h10,20H,1-9,13H2,(H,14,21). The van der Waals surface area contributed by atoms with E-state index in [9.17, 15) is 4.79 Å². The fourth-order valence-corrected chi connectivity index (χ4v) is 2.44. The molecule has 1 aromatic rings. The number of aromatic nitrogens is 3. The van der Waals surface area contributed by atoms with Crippen LogP contribution in [0.1, 0.15) is 16.9 Å². The van der Waals surface area contributed by atoms with Gasteiger partial charge in [0.2, 0.25) is 0 Å². The van der Waals surface area contributed by atoms with Crippen molar-refractivity contribution in [1.82, 2.24) is 30.2 Å². The minimum Gasteiger partial charge on any atom is -0.395 e. The fraction of sp³-hybridized carbons (Fsp3) is 0.750. The molecule has 0 atom stereocenters. The van der Waals surface area contributed by atoms with E-state index in [0.717, 1.165) is 45.7 Å². The van der Waals surface area contributed by atoms with E-state index in [1.807, 2.05) is 5.43 Å². The van der Waals surface area contributed by atoms with Crippen LogP contribution in [0.4, 0.5) is 0 Å². The molecule has 1 aromatic heterocycles. The molecule has 21 heavy (non-hydrogen) atoms. The summed E-state index contributed by atoms with van der Waals surface area (Å²) in [4.78, 5) is 15.9. The van der Waals surface area contributed by atoms with E-state index >= 15 is 0 Å². The minimum atomic E-state index is -0.435. The molecule has 0 spiro atoms. The van der Waals surface area contributed by atoms with Crippen molar-refractivity contribution in [2.24, 2.45) is 5.84 Å². The summed E-state index contributed by atoms with van der Waals surface area (Å²) in [5.74, 6) is 4.62. The summed E-state index contributed by atoms with van der Waals surface area (Å²) in [7, 11) is 0. The van der Waals surface area contributed by atoms with Crippen LogP contribution in [0.2, 0.25) is 0 Å². The largest absolute Gasteiger partial charge is 0.395 e. The summed E-state index contributed by atoms with van der Waals surface area (Å²) in [6.45, 7) is 6.52. The highest BCUT2D eigenvalue weighted by Gasteiger charge is 2.15. The van der Waals surface area contributed by atoms with Crippen LogP contribution in [0.5, 0.6) is 0 Å². The number of amides is 1. The third-order valence-corrected chi connectivity index (χ3v) is 3.65. The van der Waals surface area contributed by atoms with Gasteiger partial charge in [-0.2, -0.15) is 0 Å². The average Bonchev–Trinajstić information content (AvgIpc) is 2.86. The molecule has 9 nitrogen and oxygen atoms in total. The highest BCUT2D eigenvalue weighted by molar-refractivity contribution is 5.91. The molecule has 4 N–H and O–H groups in total. The molecule has 118 valence electrons. The molecule has 1 amide bonds. The van der Waals surface area contributed by atoms with Crippen molar-refractivity contribution < 1.29 is 9.90 Å². The molecule has 0 unspecified atom stereocenters. The summed E-state index contributed by atoms with van der Waals surface area (Å²) in [5, 5.41) is 16.7. The van der Waals surface area contributed by atoms with Crippen molar-refractivity contribution in [3.05, 3.63) is 11.9 Å². The average molecular weight is 297 g/mol. The molecule has 2 rings (SSSR count). The van der Waals surface area contributed by atoms with Crippen molar-refractivity contribution in [3.8, 4) is 0 Å². The number of hydrogen-bond donors (Lipinski definition) is 3. The van der Waals surface area contributed by atoms with E-state index < -0.39 is 5.91 Å². The zero-order valence-electron chi connectivity index (χ0n) is 12.1. The predicted octanol–water partition coefficient (Wildman–Crippen LogP) is -2.12. The Morgan fingerprint density at radius 2 is 1.95 bits per heavy atom. The van der Waals surface area contributed by atoms with E-state index in [4.69, 9.17) is 10.9 Å². The zero-order chi connectivity index (χ0) is 15.1. The molecule has 0 saturated carbocycles. The minimum absolute atomic E-state index is 0.213. The van der Waals surface area contributed by atoms with Gasteiger partial charge in [0.15, 0.2) is 5.69 Å². The van der Waals surface area contributed by atoms with Gasteiger partial charge >= 0.3 is 0 Å². The molecule has 1 fully saturated rings.